The minimum atomic E-state index is -5.41. The highest BCUT2D eigenvalue weighted by Gasteiger charge is 2.44. The zero-order valence-corrected chi connectivity index (χ0v) is 55.9. The lowest BCUT2D eigenvalue weighted by atomic mass is 9.97. The number of urea groups is 1. The molecule has 3 saturated heterocycles. The molecule has 3 aliphatic heterocycles. The number of carbonyl (C=O) groups is 12. The lowest BCUT2D eigenvalue weighted by Gasteiger charge is -2.39. The highest BCUT2D eigenvalue weighted by atomic mass is 32.2. The third-order valence-corrected chi connectivity index (χ3v) is 19.9. The average Bonchev–Trinajstić information content (AvgIpc) is 1.86. The molecule has 13 amide bonds. The van der Waals surface area contributed by atoms with Gasteiger partial charge in [-0.3, -0.25) is 57.3 Å². The molecule has 3 fully saturated rings. The van der Waals surface area contributed by atoms with Gasteiger partial charge in [-0.15, -0.1) is 11.3 Å². The van der Waals surface area contributed by atoms with Crippen molar-refractivity contribution in [2.75, 3.05) is 18.8 Å². The number of piperidine rings is 1. The molecule has 12 atom stereocenters. The Labute approximate surface area is 557 Å². The number of thioether (sulfide) groups is 1. The minimum Gasteiger partial charge on any atom is -0.370 e. The number of unbranched alkanes of at least 4 members (excludes halogenated alkanes) is 2. The third-order valence-electron chi connectivity index (χ3n) is 16.7. The summed E-state index contributed by atoms with van der Waals surface area (Å²) < 4.78 is 18.3. The molecule has 516 valence electrons. The second-order valence-electron chi connectivity index (χ2n) is 24.2. The summed E-state index contributed by atoms with van der Waals surface area (Å²) in [4.78, 5) is 183. The van der Waals surface area contributed by atoms with Crippen LogP contribution in [0.5, 0.6) is 0 Å². The molecular weight excluding hydrogens is 1290 g/mol. The van der Waals surface area contributed by atoms with E-state index >= 15 is 4.79 Å². The topological polar surface area (TPSA) is 447 Å². The maximum Gasteiger partial charge on any atom is 0.469 e. The van der Waals surface area contributed by atoms with E-state index in [1.165, 1.54) is 32.1 Å². The Morgan fingerprint density at radius 3 is 2.03 bits per heavy atom. The summed E-state index contributed by atoms with van der Waals surface area (Å²) in [5, 5.41) is 29.6. The fraction of sp³-hybridized carbons (Fsp3) is 0.524. The standard InChI is InChI=1S/C63H86N13O16PS2/c1-34(68-58(83)44(69-37(4)77)18-11-13-27-66-52(79)22-10-9-21-50-54-47(33-94-50)73-63(88)75-54)56(81)67-35(2)57(82)71-46(32-42-31-41-17-7-8-20-49(41)95-42)60(85)74-53(36(3)92-93(89,90)91)62(87)76-28-14-12-19-48(76)61(86)72-45(59(84)70-43(55(65)80)25-26-51(64)78)30-38-23-24-39-15-5-6-16-40(39)29-38/h5-8,15-17,20,23-24,29,31,34-36,43-48,50,53-54H,9-14,18-19,21-22,25-28,30,32-33H2,1-4H3,(H2,64,78)(H2,65,80)(H,66,79)(H,67,81)(H,68,83)(H,69,77)(H,70,84)(H,71,82)(H,72,86)(H,74,85)(H2,73,75,88)(H2,89,90,91)/t34-,35-,36?,43-,44-,45-,46-,47-,48-,50-,53-,54-/m0/s1. The summed E-state index contributed by atoms with van der Waals surface area (Å²) in [6, 6.07) is 10.5. The Morgan fingerprint density at radius 1 is 0.684 bits per heavy atom. The summed E-state index contributed by atoms with van der Waals surface area (Å²) in [6.45, 7) is 5.22. The van der Waals surface area contributed by atoms with E-state index in [0.29, 0.717) is 60.8 Å². The molecular formula is C63H86N13O16PS2. The van der Waals surface area contributed by atoms with Gasteiger partial charge in [0.1, 0.15) is 48.3 Å². The average molecular weight is 1380 g/mol. The lowest BCUT2D eigenvalue weighted by Crippen LogP contribution is -2.63. The Balaban J connectivity index is 1.000. The first-order chi connectivity index (χ1) is 45.1. The zero-order valence-electron chi connectivity index (χ0n) is 53.4. The van der Waals surface area contributed by atoms with Gasteiger partial charge in [-0.25, -0.2) is 9.36 Å². The number of phosphoric acid groups is 1. The van der Waals surface area contributed by atoms with Gasteiger partial charge in [-0.1, -0.05) is 67.1 Å². The predicted molar refractivity (Wildman–Crippen MR) is 354 cm³/mol. The number of benzene rings is 3. The maximum atomic E-state index is 15.1. The Morgan fingerprint density at radius 2 is 1.34 bits per heavy atom. The first kappa shape index (κ1) is 74.2. The number of amides is 13. The van der Waals surface area contributed by atoms with E-state index in [-0.39, 0.29) is 69.1 Å². The minimum absolute atomic E-state index is 0.0135. The number of rotatable bonds is 35. The largest absolute Gasteiger partial charge is 0.469 e. The molecule has 1 unspecified atom stereocenters. The van der Waals surface area contributed by atoms with Crippen molar-refractivity contribution in [1.82, 2.24) is 58.1 Å². The molecule has 4 aromatic rings. The summed E-state index contributed by atoms with van der Waals surface area (Å²) in [5.74, 6) is -7.73. The van der Waals surface area contributed by atoms with Crippen molar-refractivity contribution in [3.05, 3.63) is 83.2 Å². The molecule has 0 bridgehead atoms. The number of thiophene rings is 1. The van der Waals surface area contributed by atoms with Crippen molar-refractivity contribution < 1.29 is 76.4 Å². The van der Waals surface area contributed by atoms with Gasteiger partial charge in [-0.05, 0) is 112 Å². The smallest absolute Gasteiger partial charge is 0.370 e. The number of hydrogen-bond acceptors (Lipinski definition) is 16. The molecule has 29 nitrogen and oxygen atoms in total. The van der Waals surface area contributed by atoms with Gasteiger partial charge in [0.2, 0.25) is 65.0 Å². The van der Waals surface area contributed by atoms with Gasteiger partial charge in [0.15, 0.2) is 0 Å². The van der Waals surface area contributed by atoms with E-state index < -0.39 is 121 Å². The van der Waals surface area contributed by atoms with E-state index in [0.717, 1.165) is 51.3 Å². The second kappa shape index (κ2) is 35.0. The molecule has 0 spiro atoms. The Bertz CT molecular complexity index is 3490. The molecule has 1 aromatic heterocycles. The van der Waals surface area contributed by atoms with Crippen LogP contribution in [0.15, 0.2) is 72.8 Å². The van der Waals surface area contributed by atoms with Crippen molar-refractivity contribution in [2.24, 2.45) is 11.5 Å². The number of primary amides is 2. The Kier molecular flexibility index (Phi) is 27.3. The fourth-order valence-electron chi connectivity index (χ4n) is 11.7. The van der Waals surface area contributed by atoms with E-state index in [1.807, 2.05) is 54.2 Å². The van der Waals surface area contributed by atoms with Crippen LogP contribution in [0.25, 0.3) is 20.9 Å². The Hall–Kier alpha value is -8.22. The van der Waals surface area contributed by atoms with E-state index in [2.05, 4.69) is 53.2 Å². The van der Waals surface area contributed by atoms with Crippen molar-refractivity contribution >= 4 is 123 Å². The zero-order chi connectivity index (χ0) is 69.1. The van der Waals surface area contributed by atoms with Crippen molar-refractivity contribution in [3.8, 4) is 0 Å². The number of nitrogens with two attached hydrogens (primary N) is 2. The highest BCUT2D eigenvalue weighted by molar-refractivity contribution is 8.00. The number of nitrogens with one attached hydrogen (secondary N) is 10. The second-order valence-corrected chi connectivity index (χ2v) is 27.8. The van der Waals surface area contributed by atoms with Crippen LogP contribution >= 0.6 is 30.9 Å². The maximum absolute atomic E-state index is 15.1. The van der Waals surface area contributed by atoms with Crippen molar-refractivity contribution in [2.45, 2.75) is 189 Å². The first-order valence-electron chi connectivity index (χ1n) is 31.7. The fourth-order valence-corrected chi connectivity index (χ4v) is 14.9. The predicted octanol–water partition coefficient (Wildman–Crippen LogP) is 0.935. The van der Waals surface area contributed by atoms with Gasteiger partial charge in [0.25, 0.3) is 0 Å². The van der Waals surface area contributed by atoms with Gasteiger partial charge in [0, 0.05) is 66.3 Å². The van der Waals surface area contributed by atoms with Gasteiger partial charge >= 0.3 is 13.9 Å². The van der Waals surface area contributed by atoms with Crippen LogP contribution in [0.3, 0.4) is 0 Å². The summed E-state index contributed by atoms with van der Waals surface area (Å²) in [5.41, 5.74) is 11.5. The van der Waals surface area contributed by atoms with Gasteiger partial charge < -0.3 is 79.3 Å². The van der Waals surface area contributed by atoms with Gasteiger partial charge in [-0.2, -0.15) is 11.8 Å². The van der Waals surface area contributed by atoms with Gasteiger partial charge in [0.05, 0.1) is 18.2 Å². The van der Waals surface area contributed by atoms with Crippen molar-refractivity contribution in [3.63, 3.8) is 0 Å². The van der Waals surface area contributed by atoms with Crippen LogP contribution in [-0.2, 0) is 74.7 Å². The molecule has 0 radical (unpaired) electrons. The number of carbonyl (C=O) groups excluding carboxylic acids is 12. The molecule has 32 heteroatoms. The van der Waals surface area contributed by atoms with E-state index in [1.54, 1.807) is 30.3 Å². The third kappa shape index (κ3) is 22.4. The summed E-state index contributed by atoms with van der Waals surface area (Å²) in [6.07, 6.45) is 1.80. The van der Waals surface area contributed by atoms with Crippen LogP contribution in [0.4, 0.5) is 4.79 Å². The number of hydrogen-bond donors (Lipinski definition) is 14. The van der Waals surface area contributed by atoms with E-state index in [9.17, 15) is 67.1 Å². The van der Waals surface area contributed by atoms with Crippen molar-refractivity contribution in [1.29, 1.82) is 0 Å². The number of nitrogens with zero attached hydrogens (tertiary/aromatic N) is 1. The molecule has 0 saturated carbocycles. The number of phosphoric ester groups is 1. The number of fused-ring (bicyclic) bond motifs is 3. The molecule has 0 aliphatic carbocycles. The number of likely N-dealkylation sites (tertiary alicyclic amines) is 1. The molecule has 3 aliphatic rings. The summed E-state index contributed by atoms with van der Waals surface area (Å²) >= 11 is 3.10. The molecule has 16 N–H and O–H groups in total. The lowest BCUT2D eigenvalue weighted by molar-refractivity contribution is -0.148. The monoisotopic (exact) mass is 1380 g/mol. The highest BCUT2D eigenvalue weighted by Crippen LogP contribution is 2.39. The van der Waals surface area contributed by atoms with Crippen LogP contribution in [0, 0.1) is 0 Å². The quantitative estimate of drug-likeness (QED) is 0.0173. The normalized spacial score (nSPS) is 19.3. The van der Waals surface area contributed by atoms with E-state index in [4.69, 9.17) is 16.0 Å². The first-order valence-corrected chi connectivity index (χ1v) is 35.1. The summed E-state index contributed by atoms with van der Waals surface area (Å²) in [7, 11) is -5.41. The molecule has 95 heavy (non-hydrogen) atoms. The van der Waals surface area contributed by atoms with Crippen LogP contribution < -0.4 is 64.6 Å². The van der Waals surface area contributed by atoms with Crippen LogP contribution in [-0.4, -0.2) is 176 Å². The SMILES string of the molecule is CC(=O)N[C@@H](CCCCNC(=O)CCCC[C@@H]1SC[C@@H]2NC(=O)N[C@@H]21)C(=O)N[C@@H](C)C(=O)N[C@@H](C)C(=O)N[C@@H](Cc1cc2ccccc2s1)C(=O)N[C@H](C(=O)N1CCCC[C@H]1C(=O)N[C@@H](Cc1ccc2ccccc2c1)C(=O)N[C@@H](CCC(N)=O)C(N)=O)C(C)OP(=O)(O)O. The molecule has 4 heterocycles. The van der Waals surface area contributed by atoms with Crippen LogP contribution in [0.2, 0.25) is 0 Å². The molecule has 3 aromatic carbocycles. The van der Waals surface area contributed by atoms with Crippen LogP contribution in [0.1, 0.15) is 115 Å². The molecule has 7 rings (SSSR count).